The summed E-state index contributed by atoms with van der Waals surface area (Å²) < 4.78 is 15.0. The van der Waals surface area contributed by atoms with E-state index in [0.29, 0.717) is 18.2 Å². The van der Waals surface area contributed by atoms with Crippen molar-refractivity contribution in [3.05, 3.63) is 54.1 Å². The Morgan fingerprint density at radius 3 is 2.89 bits per heavy atom. The molecule has 0 saturated carbocycles. The lowest BCUT2D eigenvalue weighted by Gasteiger charge is -2.11. The van der Waals surface area contributed by atoms with Crippen LogP contribution in [-0.4, -0.2) is 36.6 Å². The van der Waals surface area contributed by atoms with Crippen LogP contribution in [0.3, 0.4) is 0 Å². The van der Waals surface area contributed by atoms with Crippen molar-refractivity contribution in [2.24, 2.45) is 0 Å². The SMILES string of the molecule is COc1ccc2c(c1)-n1nncc1Cc1c(-c3nc(C(C)C)co3)ncn1-2. The van der Waals surface area contributed by atoms with E-state index in [0.717, 1.165) is 39.9 Å². The molecule has 1 aliphatic rings. The van der Waals surface area contributed by atoms with Crippen LogP contribution in [0.4, 0.5) is 0 Å². The number of hydrogen-bond acceptors (Lipinski definition) is 6. The Labute approximate surface area is 155 Å². The largest absolute Gasteiger partial charge is 0.497 e. The molecular formula is C19H18N6O2. The second-order valence-electron chi connectivity index (χ2n) is 6.81. The van der Waals surface area contributed by atoms with E-state index in [9.17, 15) is 0 Å². The standard InChI is InChI=1S/C19H18N6O2/c1-11(2)14-9-27-19(22-14)18-17-6-12-8-21-23-25(12)16-7-13(26-3)4-5-15(16)24(17)10-20-18/h4-5,7-11H,6H2,1-3H3. The summed E-state index contributed by atoms with van der Waals surface area (Å²) in [7, 11) is 1.65. The van der Waals surface area contributed by atoms with Crippen LogP contribution in [0, 0.1) is 0 Å². The van der Waals surface area contributed by atoms with Crippen LogP contribution in [0.5, 0.6) is 5.75 Å². The van der Waals surface area contributed by atoms with Crippen LogP contribution in [0.15, 0.2) is 41.4 Å². The molecule has 0 fully saturated rings. The van der Waals surface area contributed by atoms with Crippen molar-refractivity contribution in [3.63, 3.8) is 0 Å². The van der Waals surface area contributed by atoms with Crippen LogP contribution in [0.1, 0.15) is 36.8 Å². The predicted molar refractivity (Wildman–Crippen MR) is 97.4 cm³/mol. The number of fused-ring (bicyclic) bond motifs is 5. The highest BCUT2D eigenvalue weighted by molar-refractivity contribution is 5.62. The molecule has 27 heavy (non-hydrogen) atoms. The van der Waals surface area contributed by atoms with Gasteiger partial charge in [-0.15, -0.1) is 5.10 Å². The third kappa shape index (κ3) is 2.37. The van der Waals surface area contributed by atoms with Gasteiger partial charge in [-0.1, -0.05) is 19.1 Å². The van der Waals surface area contributed by atoms with E-state index in [-0.39, 0.29) is 0 Å². The van der Waals surface area contributed by atoms with Gasteiger partial charge in [-0.25, -0.2) is 14.6 Å². The number of oxazole rings is 1. The van der Waals surface area contributed by atoms with Crippen molar-refractivity contribution < 1.29 is 9.15 Å². The van der Waals surface area contributed by atoms with E-state index >= 15 is 0 Å². The zero-order chi connectivity index (χ0) is 18.5. The normalized spacial score (nSPS) is 12.4. The van der Waals surface area contributed by atoms with Gasteiger partial charge in [-0.05, 0) is 18.1 Å². The lowest BCUT2D eigenvalue weighted by Crippen LogP contribution is -2.03. The Bertz CT molecular complexity index is 1140. The molecule has 0 bridgehead atoms. The molecule has 1 aliphatic heterocycles. The lowest BCUT2D eigenvalue weighted by molar-refractivity contribution is 0.414. The highest BCUT2D eigenvalue weighted by Crippen LogP contribution is 2.34. The number of benzene rings is 1. The Balaban J connectivity index is 1.73. The Morgan fingerprint density at radius 1 is 1.22 bits per heavy atom. The quantitative estimate of drug-likeness (QED) is 0.490. The maximum Gasteiger partial charge on any atom is 0.247 e. The zero-order valence-corrected chi connectivity index (χ0v) is 15.2. The van der Waals surface area contributed by atoms with Crippen molar-refractivity contribution in [1.82, 2.24) is 29.5 Å². The highest BCUT2D eigenvalue weighted by Gasteiger charge is 2.26. The van der Waals surface area contributed by atoms with E-state index in [1.165, 1.54) is 0 Å². The van der Waals surface area contributed by atoms with Crippen LogP contribution >= 0.6 is 0 Å². The average Bonchev–Trinajstić information content (AvgIpc) is 3.39. The number of nitrogens with zero attached hydrogens (tertiary/aromatic N) is 6. The molecule has 0 spiro atoms. The first-order chi connectivity index (χ1) is 13.2. The summed E-state index contributed by atoms with van der Waals surface area (Å²) in [5.74, 6) is 1.58. The molecule has 0 atom stereocenters. The third-order valence-corrected chi connectivity index (χ3v) is 4.82. The Morgan fingerprint density at radius 2 is 2.11 bits per heavy atom. The van der Waals surface area contributed by atoms with Crippen molar-refractivity contribution in [2.75, 3.05) is 7.11 Å². The minimum absolute atomic E-state index is 0.294. The minimum atomic E-state index is 0.294. The second-order valence-corrected chi connectivity index (χ2v) is 6.81. The fraction of sp³-hybridized carbons (Fsp3) is 0.263. The maximum absolute atomic E-state index is 5.73. The van der Waals surface area contributed by atoms with Crippen molar-refractivity contribution in [3.8, 4) is 28.7 Å². The summed E-state index contributed by atoms with van der Waals surface area (Å²) in [5.41, 5.74) is 5.43. The summed E-state index contributed by atoms with van der Waals surface area (Å²) in [6, 6.07) is 5.87. The average molecular weight is 362 g/mol. The molecule has 1 aromatic carbocycles. The van der Waals surface area contributed by atoms with Crippen LogP contribution in [0.25, 0.3) is 23.0 Å². The van der Waals surface area contributed by atoms with Gasteiger partial charge in [0.15, 0.2) is 0 Å². The fourth-order valence-corrected chi connectivity index (χ4v) is 3.34. The molecule has 0 saturated heterocycles. The van der Waals surface area contributed by atoms with Crippen molar-refractivity contribution in [1.29, 1.82) is 0 Å². The number of aromatic nitrogens is 6. The summed E-state index contributed by atoms with van der Waals surface area (Å²) >= 11 is 0. The van der Waals surface area contributed by atoms with Gasteiger partial charge in [0.2, 0.25) is 5.89 Å². The summed E-state index contributed by atoms with van der Waals surface area (Å²) in [5, 5.41) is 8.35. The van der Waals surface area contributed by atoms with E-state index in [2.05, 4.69) is 38.7 Å². The van der Waals surface area contributed by atoms with Gasteiger partial charge in [0.05, 0.1) is 41.8 Å². The first-order valence-corrected chi connectivity index (χ1v) is 8.76. The molecule has 0 unspecified atom stereocenters. The number of methoxy groups -OCH3 is 1. The van der Waals surface area contributed by atoms with E-state index < -0.39 is 0 Å². The number of ether oxygens (including phenoxy) is 1. The smallest absolute Gasteiger partial charge is 0.247 e. The van der Waals surface area contributed by atoms with Gasteiger partial charge >= 0.3 is 0 Å². The van der Waals surface area contributed by atoms with Gasteiger partial charge < -0.3 is 9.15 Å². The molecule has 0 radical (unpaired) electrons. The van der Waals surface area contributed by atoms with E-state index in [1.54, 1.807) is 25.9 Å². The highest BCUT2D eigenvalue weighted by atomic mass is 16.5. The molecule has 4 heterocycles. The molecule has 136 valence electrons. The molecule has 5 rings (SSSR count). The molecule has 3 aromatic heterocycles. The molecule has 4 aromatic rings. The monoisotopic (exact) mass is 362 g/mol. The molecule has 0 aliphatic carbocycles. The maximum atomic E-state index is 5.73. The van der Waals surface area contributed by atoms with Gasteiger partial charge in [-0.3, -0.25) is 4.57 Å². The van der Waals surface area contributed by atoms with E-state index in [4.69, 9.17) is 9.15 Å². The number of imidazole rings is 1. The predicted octanol–water partition coefficient (Wildman–Crippen LogP) is 3.14. The lowest BCUT2D eigenvalue weighted by atomic mass is 10.1. The minimum Gasteiger partial charge on any atom is -0.497 e. The van der Waals surface area contributed by atoms with Crippen LogP contribution in [0.2, 0.25) is 0 Å². The first kappa shape index (κ1) is 15.8. The Kier molecular flexibility index (Phi) is 3.40. The van der Waals surface area contributed by atoms with Crippen molar-refractivity contribution >= 4 is 0 Å². The Hall–Kier alpha value is -3.42. The first-order valence-electron chi connectivity index (χ1n) is 8.76. The summed E-state index contributed by atoms with van der Waals surface area (Å²) in [6.45, 7) is 4.17. The zero-order valence-electron chi connectivity index (χ0n) is 15.2. The van der Waals surface area contributed by atoms with Crippen molar-refractivity contribution in [2.45, 2.75) is 26.2 Å². The van der Waals surface area contributed by atoms with Gasteiger partial charge in [0, 0.05) is 12.5 Å². The second kappa shape index (κ2) is 5.80. The molecule has 0 N–H and O–H groups in total. The summed E-state index contributed by atoms with van der Waals surface area (Å²) in [6.07, 6.45) is 5.88. The van der Waals surface area contributed by atoms with E-state index in [1.807, 2.05) is 22.9 Å². The number of hydrogen-bond donors (Lipinski definition) is 0. The molecule has 0 amide bonds. The molecule has 8 nitrogen and oxygen atoms in total. The number of rotatable bonds is 3. The van der Waals surface area contributed by atoms with Gasteiger partial charge in [0.25, 0.3) is 0 Å². The fourth-order valence-electron chi connectivity index (χ4n) is 3.34. The van der Waals surface area contributed by atoms with Crippen LogP contribution < -0.4 is 4.74 Å². The van der Waals surface area contributed by atoms with Gasteiger partial charge in [-0.2, -0.15) is 0 Å². The topological polar surface area (TPSA) is 83.8 Å². The van der Waals surface area contributed by atoms with Crippen LogP contribution in [-0.2, 0) is 6.42 Å². The third-order valence-electron chi connectivity index (χ3n) is 4.82. The molecular weight excluding hydrogens is 344 g/mol. The van der Waals surface area contributed by atoms with Gasteiger partial charge in [0.1, 0.15) is 24.0 Å². The molecule has 8 heteroatoms. The summed E-state index contributed by atoms with van der Waals surface area (Å²) in [4.78, 5) is 9.22.